The molecule has 0 aliphatic heterocycles. The minimum Gasteiger partial charge on any atom is -0.618 e. The molecule has 0 amide bonds. The Hall–Kier alpha value is -2.72. The van der Waals surface area contributed by atoms with Crippen molar-refractivity contribution in [3.05, 3.63) is 89.6 Å². The van der Waals surface area contributed by atoms with Gasteiger partial charge < -0.3 is 10.1 Å². The van der Waals surface area contributed by atoms with Crippen molar-refractivity contribution in [2.75, 3.05) is 19.0 Å². The van der Waals surface area contributed by atoms with Crippen LogP contribution in [-0.4, -0.2) is 25.0 Å². The average molecular weight is 348 g/mol. The Morgan fingerprint density at radius 1 is 0.800 bits per heavy atom. The minimum atomic E-state index is 0.620. The molecular formula is C21H20N2OS. The molecule has 0 atom stereocenters. The molecule has 0 aliphatic rings. The van der Waals surface area contributed by atoms with E-state index in [4.69, 9.17) is 0 Å². The summed E-state index contributed by atoms with van der Waals surface area (Å²) in [5.41, 5.74) is 2.61. The fourth-order valence-corrected chi connectivity index (χ4v) is 3.19. The lowest BCUT2D eigenvalue weighted by Gasteiger charge is -2.11. The van der Waals surface area contributed by atoms with E-state index in [1.165, 1.54) is 4.90 Å². The first-order chi connectivity index (χ1) is 12.1. The lowest BCUT2D eigenvalue weighted by molar-refractivity contribution is -0.354. The molecule has 0 fully saturated rings. The van der Waals surface area contributed by atoms with Crippen molar-refractivity contribution >= 4 is 29.4 Å². The van der Waals surface area contributed by atoms with Crippen LogP contribution in [0.2, 0.25) is 0 Å². The van der Waals surface area contributed by atoms with Gasteiger partial charge in [0.15, 0.2) is 6.21 Å². The monoisotopic (exact) mass is 348 g/mol. The third-order valence-electron chi connectivity index (χ3n) is 3.75. The normalized spacial score (nSPS) is 11.4. The first kappa shape index (κ1) is 17.1. The van der Waals surface area contributed by atoms with Gasteiger partial charge in [0, 0.05) is 47.3 Å². The molecule has 0 saturated heterocycles. The quantitative estimate of drug-likeness (QED) is 0.276. The van der Waals surface area contributed by atoms with Gasteiger partial charge in [0.25, 0.3) is 0 Å². The zero-order valence-corrected chi connectivity index (χ0v) is 15.1. The van der Waals surface area contributed by atoms with E-state index in [1.54, 1.807) is 18.0 Å². The third-order valence-corrected chi connectivity index (χ3v) is 4.76. The summed E-state index contributed by atoms with van der Waals surface area (Å²) in [6.07, 6.45) is 1.60. The van der Waals surface area contributed by atoms with Crippen molar-refractivity contribution in [2.45, 2.75) is 9.79 Å². The van der Waals surface area contributed by atoms with Gasteiger partial charge in [-0.15, -0.1) is 0 Å². The van der Waals surface area contributed by atoms with Gasteiger partial charge in [0.1, 0.15) is 0 Å². The molecule has 3 rings (SSSR count). The van der Waals surface area contributed by atoms with E-state index in [2.05, 4.69) is 12.1 Å². The molecule has 0 bridgehead atoms. The Bertz CT molecular complexity index is 841. The van der Waals surface area contributed by atoms with Gasteiger partial charge in [-0.1, -0.05) is 30.0 Å². The van der Waals surface area contributed by atoms with E-state index in [-0.39, 0.29) is 0 Å². The van der Waals surface area contributed by atoms with Crippen LogP contribution in [0.15, 0.2) is 88.7 Å². The number of anilines is 1. The first-order valence-electron chi connectivity index (χ1n) is 8.03. The lowest BCUT2D eigenvalue weighted by Crippen LogP contribution is -2.08. The Kier molecular flexibility index (Phi) is 5.41. The van der Waals surface area contributed by atoms with Gasteiger partial charge in [0.05, 0.1) is 0 Å². The van der Waals surface area contributed by atoms with E-state index in [1.807, 2.05) is 85.7 Å². The number of benzene rings is 3. The van der Waals surface area contributed by atoms with Crippen LogP contribution >= 0.6 is 11.8 Å². The molecule has 3 nitrogen and oxygen atoms in total. The highest BCUT2D eigenvalue weighted by atomic mass is 32.2. The summed E-state index contributed by atoms with van der Waals surface area (Å²) >= 11 is 1.68. The summed E-state index contributed by atoms with van der Waals surface area (Å²) in [5.74, 6) is 0. The largest absolute Gasteiger partial charge is 0.618 e. The van der Waals surface area contributed by atoms with Gasteiger partial charge in [-0.25, -0.2) is 0 Å². The van der Waals surface area contributed by atoms with Crippen molar-refractivity contribution in [3.63, 3.8) is 0 Å². The molecule has 0 N–H and O–H groups in total. The van der Waals surface area contributed by atoms with Gasteiger partial charge >= 0.3 is 0 Å². The fraction of sp³-hybridized carbons (Fsp3) is 0.0952. The van der Waals surface area contributed by atoms with Crippen LogP contribution in [0.3, 0.4) is 0 Å². The summed E-state index contributed by atoms with van der Waals surface area (Å²) in [7, 11) is 3.99. The molecule has 0 saturated carbocycles. The SMILES string of the molecule is CN(C)c1ccc(/C=[N+](\[O-])c2ccc(Sc3ccccc3)cc2)cc1. The van der Waals surface area contributed by atoms with Crippen molar-refractivity contribution in [1.82, 2.24) is 0 Å². The molecule has 0 heterocycles. The fourth-order valence-electron chi connectivity index (χ4n) is 2.35. The van der Waals surface area contributed by atoms with Crippen molar-refractivity contribution in [3.8, 4) is 0 Å². The predicted octanol–water partition coefficient (Wildman–Crippen LogP) is 5.16. The molecule has 0 radical (unpaired) electrons. The van der Waals surface area contributed by atoms with Gasteiger partial charge in [0.2, 0.25) is 5.69 Å². The maximum Gasteiger partial charge on any atom is 0.216 e. The van der Waals surface area contributed by atoms with E-state index < -0.39 is 0 Å². The van der Waals surface area contributed by atoms with Crippen LogP contribution < -0.4 is 4.90 Å². The van der Waals surface area contributed by atoms with Crippen LogP contribution in [0.4, 0.5) is 11.4 Å². The Labute approximate surface area is 152 Å². The molecule has 0 spiro atoms. The maximum absolute atomic E-state index is 12.3. The zero-order chi connectivity index (χ0) is 17.6. The summed E-state index contributed by atoms with van der Waals surface area (Å²) < 4.78 is 0.904. The van der Waals surface area contributed by atoms with Crippen molar-refractivity contribution in [2.24, 2.45) is 0 Å². The summed E-state index contributed by atoms with van der Waals surface area (Å²) in [6.45, 7) is 0. The van der Waals surface area contributed by atoms with Crippen LogP contribution in [0, 0.1) is 5.21 Å². The van der Waals surface area contributed by atoms with E-state index in [0.717, 1.165) is 20.9 Å². The summed E-state index contributed by atoms with van der Waals surface area (Å²) in [6, 6.07) is 25.7. The number of nitrogens with zero attached hydrogens (tertiary/aromatic N) is 2. The average Bonchev–Trinajstić information content (AvgIpc) is 2.63. The highest BCUT2D eigenvalue weighted by molar-refractivity contribution is 7.99. The first-order valence-corrected chi connectivity index (χ1v) is 8.85. The smallest absolute Gasteiger partial charge is 0.216 e. The molecule has 3 aromatic carbocycles. The maximum atomic E-state index is 12.3. The van der Waals surface area contributed by atoms with Gasteiger partial charge in [-0.2, -0.15) is 4.74 Å². The number of hydrogen-bond acceptors (Lipinski definition) is 3. The topological polar surface area (TPSA) is 29.3 Å². The highest BCUT2D eigenvalue weighted by Gasteiger charge is 2.04. The molecule has 126 valence electrons. The molecule has 4 heteroatoms. The molecule has 0 aliphatic carbocycles. The Balaban J connectivity index is 1.72. The number of hydrogen-bond donors (Lipinski definition) is 0. The van der Waals surface area contributed by atoms with Crippen LogP contribution in [-0.2, 0) is 0 Å². The lowest BCUT2D eigenvalue weighted by atomic mass is 10.2. The van der Waals surface area contributed by atoms with Crippen LogP contribution in [0.1, 0.15) is 5.56 Å². The van der Waals surface area contributed by atoms with Crippen molar-refractivity contribution in [1.29, 1.82) is 0 Å². The van der Waals surface area contributed by atoms with E-state index >= 15 is 0 Å². The summed E-state index contributed by atoms with van der Waals surface area (Å²) in [4.78, 5) is 4.32. The molecule has 25 heavy (non-hydrogen) atoms. The molecule has 0 aromatic heterocycles. The zero-order valence-electron chi connectivity index (χ0n) is 14.3. The summed E-state index contributed by atoms with van der Waals surface area (Å²) in [5, 5.41) is 12.3. The van der Waals surface area contributed by atoms with Crippen LogP contribution in [0.25, 0.3) is 0 Å². The van der Waals surface area contributed by atoms with Crippen LogP contribution in [0.5, 0.6) is 0 Å². The van der Waals surface area contributed by atoms with Gasteiger partial charge in [-0.05, 0) is 48.5 Å². The second-order valence-corrected chi connectivity index (χ2v) is 7.00. The predicted molar refractivity (Wildman–Crippen MR) is 106 cm³/mol. The van der Waals surface area contributed by atoms with Crippen molar-refractivity contribution < 1.29 is 4.74 Å². The Morgan fingerprint density at radius 2 is 1.40 bits per heavy atom. The second kappa shape index (κ2) is 7.90. The molecular weight excluding hydrogens is 328 g/mol. The van der Waals surface area contributed by atoms with E-state index in [9.17, 15) is 5.21 Å². The highest BCUT2D eigenvalue weighted by Crippen LogP contribution is 2.28. The number of rotatable bonds is 5. The standard InChI is InChI=1S/C21H20N2OS/c1-22(2)18-10-8-17(9-11-18)16-23(24)19-12-14-21(15-13-19)25-20-6-4-3-5-7-20/h3-16H,1-2H3/b23-16-. The molecule has 0 unspecified atom stereocenters. The Morgan fingerprint density at radius 3 is 2.00 bits per heavy atom. The van der Waals surface area contributed by atoms with Gasteiger partial charge in [-0.3, -0.25) is 0 Å². The molecule has 3 aromatic rings. The third kappa shape index (κ3) is 4.64. The van der Waals surface area contributed by atoms with E-state index in [0.29, 0.717) is 5.69 Å². The second-order valence-electron chi connectivity index (χ2n) is 5.85. The minimum absolute atomic E-state index is 0.620.